The molecule has 15 heavy (non-hydrogen) atoms. The van der Waals surface area contributed by atoms with E-state index in [1.165, 1.54) is 0 Å². The largest absolute Gasteiger partial charge is 0.492 e. The van der Waals surface area contributed by atoms with Gasteiger partial charge in [0.15, 0.2) is 0 Å². The fraction of sp³-hybridized carbons (Fsp3) is 0.500. The maximum absolute atomic E-state index is 10.4. The molecular formula is C12H17NO2. The van der Waals surface area contributed by atoms with Gasteiger partial charge in [-0.2, -0.15) is 0 Å². The van der Waals surface area contributed by atoms with Crippen molar-refractivity contribution in [3.8, 4) is 5.75 Å². The van der Waals surface area contributed by atoms with Crippen molar-refractivity contribution in [3.63, 3.8) is 0 Å². The Bertz CT molecular complexity index is 323. The maximum Gasteiger partial charge on any atom is 0.137 e. The summed E-state index contributed by atoms with van der Waals surface area (Å²) in [6.07, 6.45) is 5.15. The zero-order valence-corrected chi connectivity index (χ0v) is 9.32. The van der Waals surface area contributed by atoms with Crippen LogP contribution in [0.1, 0.15) is 31.0 Å². The molecule has 0 unspecified atom stereocenters. The van der Waals surface area contributed by atoms with Crippen LogP contribution in [-0.4, -0.2) is 17.9 Å². The van der Waals surface area contributed by atoms with Crippen molar-refractivity contribution in [2.24, 2.45) is 0 Å². The highest BCUT2D eigenvalue weighted by molar-refractivity contribution is 5.56. The first kappa shape index (κ1) is 11.7. The van der Waals surface area contributed by atoms with Crippen LogP contribution in [0.2, 0.25) is 0 Å². The van der Waals surface area contributed by atoms with Gasteiger partial charge in [0.1, 0.15) is 12.0 Å². The average Bonchev–Trinajstić information content (AvgIpc) is 2.23. The highest BCUT2D eigenvalue weighted by Crippen LogP contribution is 2.15. The highest BCUT2D eigenvalue weighted by Gasteiger charge is 2.01. The van der Waals surface area contributed by atoms with E-state index in [4.69, 9.17) is 4.74 Å². The molecule has 1 rings (SSSR count). The van der Waals surface area contributed by atoms with E-state index >= 15 is 0 Å². The number of carbonyl (C=O) groups excluding carboxylic acids is 1. The third-order valence-corrected chi connectivity index (χ3v) is 2.24. The molecule has 1 aromatic heterocycles. The van der Waals surface area contributed by atoms with Crippen molar-refractivity contribution >= 4 is 6.29 Å². The molecule has 0 fully saturated rings. The second kappa shape index (κ2) is 6.17. The number of hydrogen-bond acceptors (Lipinski definition) is 3. The van der Waals surface area contributed by atoms with Gasteiger partial charge in [-0.05, 0) is 25.0 Å². The summed E-state index contributed by atoms with van der Waals surface area (Å²) in [5.74, 6) is 0.755. The van der Waals surface area contributed by atoms with E-state index in [0.717, 1.165) is 36.1 Å². The first-order chi connectivity index (χ1) is 7.27. The predicted molar refractivity (Wildman–Crippen MR) is 59.1 cm³/mol. The van der Waals surface area contributed by atoms with Gasteiger partial charge in [-0.3, -0.25) is 4.98 Å². The molecule has 0 aliphatic carbocycles. The summed E-state index contributed by atoms with van der Waals surface area (Å²) >= 11 is 0. The fourth-order valence-electron chi connectivity index (χ4n) is 1.27. The number of unbranched alkanes of at least 4 members (excludes halogenated alkanes) is 1. The van der Waals surface area contributed by atoms with Crippen molar-refractivity contribution in [1.82, 2.24) is 4.98 Å². The van der Waals surface area contributed by atoms with Crippen molar-refractivity contribution in [2.45, 2.75) is 33.1 Å². The maximum atomic E-state index is 10.4. The van der Waals surface area contributed by atoms with E-state index < -0.39 is 0 Å². The van der Waals surface area contributed by atoms with Crippen LogP contribution in [0, 0.1) is 6.92 Å². The lowest BCUT2D eigenvalue weighted by Gasteiger charge is -2.07. The van der Waals surface area contributed by atoms with Crippen LogP contribution in [0.5, 0.6) is 5.75 Å². The number of nitrogens with zero attached hydrogens (tertiary/aromatic N) is 1. The molecule has 0 atom stereocenters. The van der Waals surface area contributed by atoms with Gasteiger partial charge in [-0.25, -0.2) is 0 Å². The molecule has 0 bridgehead atoms. The molecule has 0 aliphatic rings. The summed E-state index contributed by atoms with van der Waals surface area (Å²) in [6, 6.07) is 1.90. The van der Waals surface area contributed by atoms with Crippen LogP contribution in [0.4, 0.5) is 0 Å². The molecule has 0 amide bonds. The van der Waals surface area contributed by atoms with Gasteiger partial charge in [0.25, 0.3) is 0 Å². The Morgan fingerprint density at radius 1 is 1.53 bits per heavy atom. The number of ether oxygens (including phenoxy) is 1. The predicted octanol–water partition coefficient (Wildman–Crippen LogP) is 2.31. The topological polar surface area (TPSA) is 39.2 Å². The average molecular weight is 207 g/mol. The molecule has 3 nitrogen and oxygen atoms in total. The highest BCUT2D eigenvalue weighted by atomic mass is 16.5. The smallest absolute Gasteiger partial charge is 0.137 e. The van der Waals surface area contributed by atoms with Crippen molar-refractivity contribution in [3.05, 3.63) is 23.5 Å². The Morgan fingerprint density at radius 2 is 2.33 bits per heavy atom. The number of hydrogen-bond donors (Lipinski definition) is 0. The summed E-state index contributed by atoms with van der Waals surface area (Å²) in [5, 5.41) is 0. The molecule has 1 heterocycles. The summed E-state index contributed by atoms with van der Waals surface area (Å²) in [6.45, 7) is 4.73. The Balaban J connectivity index is 2.65. The van der Waals surface area contributed by atoms with E-state index in [0.29, 0.717) is 13.0 Å². The van der Waals surface area contributed by atoms with Crippen molar-refractivity contribution in [2.75, 3.05) is 6.61 Å². The van der Waals surface area contributed by atoms with Crippen LogP contribution in [-0.2, 0) is 11.2 Å². The quantitative estimate of drug-likeness (QED) is 0.530. The molecule has 0 radical (unpaired) electrons. The normalized spacial score (nSPS) is 10.0. The molecule has 0 saturated carbocycles. The van der Waals surface area contributed by atoms with Gasteiger partial charge in [0, 0.05) is 12.1 Å². The van der Waals surface area contributed by atoms with Crippen LogP contribution in [0.3, 0.4) is 0 Å². The molecule has 3 heteroatoms. The van der Waals surface area contributed by atoms with Gasteiger partial charge in [-0.1, -0.05) is 13.3 Å². The lowest BCUT2D eigenvalue weighted by molar-refractivity contribution is -0.107. The molecule has 0 aliphatic heterocycles. The number of aromatic nitrogens is 1. The van der Waals surface area contributed by atoms with Crippen molar-refractivity contribution < 1.29 is 9.53 Å². The Hall–Kier alpha value is -1.38. The minimum absolute atomic E-state index is 0.407. The monoisotopic (exact) mass is 207 g/mol. The first-order valence-electron chi connectivity index (χ1n) is 5.30. The van der Waals surface area contributed by atoms with E-state index in [2.05, 4.69) is 11.9 Å². The number of carbonyl (C=O) groups is 1. The Labute approximate surface area is 90.5 Å². The van der Waals surface area contributed by atoms with E-state index in [9.17, 15) is 4.79 Å². The van der Waals surface area contributed by atoms with E-state index in [1.807, 2.05) is 13.0 Å². The van der Waals surface area contributed by atoms with Crippen LogP contribution < -0.4 is 4.74 Å². The van der Waals surface area contributed by atoms with Gasteiger partial charge >= 0.3 is 0 Å². The van der Waals surface area contributed by atoms with Gasteiger partial charge < -0.3 is 9.53 Å². The van der Waals surface area contributed by atoms with Crippen LogP contribution in [0.15, 0.2) is 12.3 Å². The van der Waals surface area contributed by atoms with Gasteiger partial charge in [-0.15, -0.1) is 0 Å². The van der Waals surface area contributed by atoms with Crippen LogP contribution in [0.25, 0.3) is 0 Å². The molecule has 1 aromatic rings. The number of pyridine rings is 1. The van der Waals surface area contributed by atoms with Gasteiger partial charge in [0.05, 0.1) is 12.8 Å². The zero-order valence-electron chi connectivity index (χ0n) is 9.32. The van der Waals surface area contributed by atoms with E-state index in [-0.39, 0.29) is 0 Å². The summed E-state index contributed by atoms with van der Waals surface area (Å²) < 4.78 is 5.51. The third kappa shape index (κ3) is 3.70. The minimum atomic E-state index is 0.407. The second-order valence-corrected chi connectivity index (χ2v) is 3.49. The standard InChI is InChI=1S/C12H17NO2/c1-3-4-7-15-12-8-11(5-6-14)10(2)13-9-12/h6,8-9H,3-5,7H2,1-2H3. The lowest BCUT2D eigenvalue weighted by Crippen LogP contribution is -2.00. The Morgan fingerprint density at radius 3 is 3.00 bits per heavy atom. The first-order valence-corrected chi connectivity index (χ1v) is 5.30. The minimum Gasteiger partial charge on any atom is -0.492 e. The molecule has 0 saturated heterocycles. The Kier molecular flexibility index (Phi) is 4.81. The number of aldehydes is 1. The summed E-state index contributed by atoms with van der Waals surface area (Å²) in [7, 11) is 0. The molecular weight excluding hydrogens is 190 g/mol. The molecule has 0 aromatic carbocycles. The van der Waals surface area contributed by atoms with E-state index in [1.54, 1.807) is 6.20 Å². The van der Waals surface area contributed by atoms with Crippen molar-refractivity contribution in [1.29, 1.82) is 0 Å². The summed E-state index contributed by atoms with van der Waals surface area (Å²) in [5.41, 5.74) is 1.84. The molecule has 82 valence electrons. The number of rotatable bonds is 6. The fourth-order valence-corrected chi connectivity index (χ4v) is 1.27. The molecule has 0 N–H and O–H groups in total. The van der Waals surface area contributed by atoms with Crippen LogP contribution >= 0.6 is 0 Å². The second-order valence-electron chi connectivity index (χ2n) is 3.49. The summed E-state index contributed by atoms with van der Waals surface area (Å²) in [4.78, 5) is 14.6. The lowest BCUT2D eigenvalue weighted by atomic mass is 10.1. The zero-order chi connectivity index (χ0) is 11.1. The molecule has 0 spiro atoms. The number of aryl methyl sites for hydroxylation is 1. The third-order valence-electron chi connectivity index (χ3n) is 2.24. The van der Waals surface area contributed by atoms with Gasteiger partial charge in [0.2, 0.25) is 0 Å². The SMILES string of the molecule is CCCCOc1cnc(C)c(CC=O)c1.